The van der Waals surface area contributed by atoms with E-state index in [0.29, 0.717) is 35.8 Å². The normalized spacial score (nSPS) is 25.5. The first-order valence-electron chi connectivity index (χ1n) is 19.5. The molecule has 8 nitrogen and oxygen atoms in total. The summed E-state index contributed by atoms with van der Waals surface area (Å²) in [5.74, 6) is 1.42. The maximum absolute atomic E-state index is 13.1. The molecule has 0 unspecified atom stereocenters. The molecule has 292 valence electrons. The number of benzene rings is 2. The third-order valence-electron chi connectivity index (χ3n) is 12.2. The zero-order chi connectivity index (χ0) is 39.8. The van der Waals surface area contributed by atoms with Crippen LogP contribution in [0.1, 0.15) is 141 Å². The van der Waals surface area contributed by atoms with Gasteiger partial charge in [0.25, 0.3) is 11.8 Å². The van der Waals surface area contributed by atoms with Gasteiger partial charge in [-0.15, -0.1) is 0 Å². The van der Waals surface area contributed by atoms with Crippen LogP contribution < -0.4 is 10.6 Å². The summed E-state index contributed by atoms with van der Waals surface area (Å²) in [6, 6.07) is 4.16. The second-order valence-electron chi connectivity index (χ2n) is 16.6. The highest BCUT2D eigenvalue weighted by Gasteiger charge is 2.51. The van der Waals surface area contributed by atoms with Gasteiger partial charge in [-0.3, -0.25) is 9.59 Å². The second-order valence-corrected chi connectivity index (χ2v) is 18.2. The Hall–Kier alpha value is -3.59. The molecule has 3 N–H and O–H groups in total. The number of aryl methyl sites for hydroxylation is 4. The fourth-order valence-corrected chi connectivity index (χ4v) is 9.20. The summed E-state index contributed by atoms with van der Waals surface area (Å²) in [5, 5.41) is 17.2. The minimum absolute atomic E-state index is 0.119. The maximum Gasteiger partial charge on any atom is 0.306 e. The van der Waals surface area contributed by atoms with Crippen LogP contribution in [0, 0.1) is 67.2 Å². The summed E-state index contributed by atoms with van der Waals surface area (Å²) in [5.41, 5.74) is 10.1. The fraction of sp³-hybridized carbons (Fsp3) is 0.591. The molecule has 53 heavy (non-hydrogen) atoms. The van der Waals surface area contributed by atoms with Crippen LogP contribution in [0.3, 0.4) is 0 Å². The van der Waals surface area contributed by atoms with Crippen molar-refractivity contribution < 1.29 is 27.3 Å². The van der Waals surface area contributed by atoms with Crippen molar-refractivity contribution in [1.82, 2.24) is 10.6 Å². The van der Waals surface area contributed by atoms with Crippen molar-refractivity contribution in [2.24, 2.45) is 11.8 Å². The van der Waals surface area contributed by atoms with Gasteiger partial charge in [0.15, 0.2) is 5.76 Å². The molecular formula is C44H64N2O6S. The molecule has 2 fully saturated rings. The van der Waals surface area contributed by atoms with Gasteiger partial charge < -0.3 is 19.9 Å². The lowest BCUT2D eigenvalue weighted by Crippen LogP contribution is -2.47. The molecule has 2 amide bonds. The minimum Gasteiger partial charge on any atom is -0.509 e. The quantitative estimate of drug-likeness (QED) is 0.268. The van der Waals surface area contributed by atoms with E-state index in [9.17, 15) is 23.1 Å². The number of hydrogen-bond donors (Lipinski definition) is 3. The first kappa shape index (κ1) is 42.2. The first-order chi connectivity index (χ1) is 24.6. The number of aliphatic hydroxyl groups excluding tert-OH is 1. The number of carbonyl (C=O) groups is 2. The van der Waals surface area contributed by atoms with Crippen molar-refractivity contribution in [3.8, 4) is 0 Å². The summed E-state index contributed by atoms with van der Waals surface area (Å²) < 4.78 is 29.6. The van der Waals surface area contributed by atoms with E-state index in [2.05, 4.69) is 58.2 Å². The lowest BCUT2D eigenvalue weighted by Gasteiger charge is -2.37. The van der Waals surface area contributed by atoms with Gasteiger partial charge in [-0.25, -0.2) is 0 Å². The molecule has 2 aromatic carbocycles. The van der Waals surface area contributed by atoms with Gasteiger partial charge >= 0.3 is 10.1 Å². The van der Waals surface area contributed by atoms with Crippen molar-refractivity contribution in [3.63, 3.8) is 0 Å². The Kier molecular flexibility index (Phi) is 12.7. The highest BCUT2D eigenvalue weighted by atomic mass is 32.2. The highest BCUT2D eigenvalue weighted by Crippen LogP contribution is 2.47. The molecule has 2 heterocycles. The van der Waals surface area contributed by atoms with Crippen molar-refractivity contribution in [3.05, 3.63) is 79.3 Å². The van der Waals surface area contributed by atoms with Crippen molar-refractivity contribution in [1.29, 1.82) is 0 Å². The van der Waals surface area contributed by atoms with E-state index in [0.717, 1.165) is 89.3 Å². The molecule has 2 saturated carbocycles. The van der Waals surface area contributed by atoms with Crippen LogP contribution in [-0.2, 0) is 23.9 Å². The predicted molar refractivity (Wildman–Crippen MR) is 216 cm³/mol. The van der Waals surface area contributed by atoms with Gasteiger partial charge in [0.2, 0.25) is 0 Å². The number of hydrogen-bond acceptors (Lipinski definition) is 6. The molecule has 6 rings (SSSR count). The average molecular weight is 749 g/mol. The van der Waals surface area contributed by atoms with Gasteiger partial charge in [0.05, 0.1) is 22.9 Å². The summed E-state index contributed by atoms with van der Waals surface area (Å²) in [4.78, 5) is 25.8. The smallest absolute Gasteiger partial charge is 0.306 e. The Labute approximate surface area is 319 Å². The Balaban J connectivity index is 0.000000223. The van der Waals surface area contributed by atoms with Crippen LogP contribution in [0.5, 0.6) is 0 Å². The third kappa shape index (κ3) is 8.40. The Morgan fingerprint density at radius 3 is 1.43 bits per heavy atom. The zero-order valence-corrected chi connectivity index (χ0v) is 35.4. The molecule has 2 spiro atoms. The van der Waals surface area contributed by atoms with E-state index in [1.54, 1.807) is 0 Å². The lowest BCUT2D eigenvalue weighted by molar-refractivity contribution is -0.117. The van der Waals surface area contributed by atoms with Crippen molar-refractivity contribution >= 4 is 33.1 Å². The standard InChI is InChI=1S/C21H29NO4S.C20H27NO2.C3H8/c1-12-7-9-21(10-8-12)19(26-27(6,24)25)18(20(23)22-21)17-14(3)11-13(2)15(4)16(17)5;1-11-6-8-20(9-7-11)18(22)17(19(23)21-20)16-13(3)10-12(2)14(4)15(16)5;1-3-2/h11-12H,7-10H2,1-6H3,(H,22,23);10-11,22H,6-9H2,1-5H3,(H,21,23);3H2,1-2H3. The number of aliphatic hydroxyl groups is 1. The van der Waals surface area contributed by atoms with E-state index >= 15 is 0 Å². The highest BCUT2D eigenvalue weighted by molar-refractivity contribution is 7.86. The number of nitrogens with one attached hydrogen (secondary N) is 2. The van der Waals surface area contributed by atoms with Crippen LogP contribution >= 0.6 is 0 Å². The molecule has 0 aromatic heterocycles. The Morgan fingerprint density at radius 2 is 1.02 bits per heavy atom. The van der Waals surface area contributed by atoms with Gasteiger partial charge in [0.1, 0.15) is 11.3 Å². The minimum atomic E-state index is -3.75. The first-order valence-corrected chi connectivity index (χ1v) is 21.3. The molecule has 2 aliphatic carbocycles. The van der Waals surface area contributed by atoms with Crippen LogP contribution in [0.25, 0.3) is 11.1 Å². The summed E-state index contributed by atoms with van der Waals surface area (Å²) >= 11 is 0. The van der Waals surface area contributed by atoms with Crippen LogP contribution in [0.4, 0.5) is 0 Å². The maximum atomic E-state index is 13.1. The number of amides is 2. The van der Waals surface area contributed by atoms with E-state index < -0.39 is 21.2 Å². The van der Waals surface area contributed by atoms with E-state index in [1.807, 2.05) is 47.6 Å². The summed E-state index contributed by atoms with van der Waals surface area (Å²) in [7, 11) is -3.75. The SMILES string of the molecule is CCC.Cc1cc(C)c(C2=C(O)C3(CCC(C)CC3)NC2=O)c(C)c1C.Cc1cc(C)c(C2=C(OS(C)(=O)=O)C3(CCC(C)CC3)NC2=O)c(C)c1C. The Morgan fingerprint density at radius 1 is 0.660 bits per heavy atom. The molecular weight excluding hydrogens is 685 g/mol. The van der Waals surface area contributed by atoms with Gasteiger partial charge in [-0.1, -0.05) is 46.2 Å². The molecule has 9 heteroatoms. The van der Waals surface area contributed by atoms with Crippen LogP contribution in [0.15, 0.2) is 23.7 Å². The molecule has 0 bridgehead atoms. The summed E-state index contributed by atoms with van der Waals surface area (Å²) in [6.07, 6.45) is 9.28. The largest absolute Gasteiger partial charge is 0.509 e. The summed E-state index contributed by atoms with van der Waals surface area (Å²) in [6.45, 7) is 24.9. The lowest BCUT2D eigenvalue weighted by atomic mass is 9.76. The van der Waals surface area contributed by atoms with Crippen molar-refractivity contribution in [2.75, 3.05) is 6.26 Å². The molecule has 0 radical (unpaired) electrons. The van der Waals surface area contributed by atoms with Crippen molar-refractivity contribution in [2.45, 2.75) is 152 Å². The van der Waals surface area contributed by atoms with E-state index in [4.69, 9.17) is 4.18 Å². The fourth-order valence-electron chi connectivity index (χ4n) is 8.66. The zero-order valence-electron chi connectivity index (χ0n) is 34.6. The second kappa shape index (κ2) is 16.0. The number of carbonyl (C=O) groups excluding carboxylic acids is 2. The Bertz CT molecular complexity index is 1940. The number of rotatable bonds is 4. The molecule has 2 aliphatic heterocycles. The molecule has 4 aliphatic rings. The van der Waals surface area contributed by atoms with Gasteiger partial charge in [0, 0.05) is 0 Å². The molecule has 0 saturated heterocycles. The van der Waals surface area contributed by atoms with Crippen LogP contribution in [0.2, 0.25) is 0 Å². The van der Waals surface area contributed by atoms with Crippen LogP contribution in [-0.4, -0.2) is 42.7 Å². The topological polar surface area (TPSA) is 122 Å². The monoisotopic (exact) mass is 748 g/mol. The van der Waals surface area contributed by atoms with E-state index in [-0.39, 0.29) is 23.3 Å². The average Bonchev–Trinajstić information content (AvgIpc) is 3.46. The third-order valence-corrected chi connectivity index (χ3v) is 12.7. The van der Waals surface area contributed by atoms with Gasteiger partial charge in [-0.05, 0) is 174 Å². The molecule has 0 atom stereocenters. The molecule has 2 aromatic rings. The van der Waals surface area contributed by atoms with Gasteiger partial charge in [-0.2, -0.15) is 8.42 Å². The predicted octanol–water partition coefficient (Wildman–Crippen LogP) is 9.37. The van der Waals surface area contributed by atoms with E-state index in [1.165, 1.54) is 17.5 Å².